The van der Waals surface area contributed by atoms with Gasteiger partial charge in [-0.25, -0.2) is 4.39 Å². The highest BCUT2D eigenvalue weighted by molar-refractivity contribution is 5.79. The average molecular weight is 380 g/mol. The van der Waals surface area contributed by atoms with Gasteiger partial charge in [0.25, 0.3) is 5.56 Å². The summed E-state index contributed by atoms with van der Waals surface area (Å²) in [4.78, 5) is 27.5. The molecule has 5 heteroatoms. The van der Waals surface area contributed by atoms with E-state index < -0.39 is 0 Å². The minimum absolute atomic E-state index is 0.0182. The first kappa shape index (κ1) is 19.8. The molecular weight excluding hydrogens is 355 g/mol. The Morgan fingerprint density at radius 1 is 1.11 bits per heavy atom. The number of fused-ring (bicyclic) bond motifs is 1. The van der Waals surface area contributed by atoms with Crippen molar-refractivity contribution in [2.75, 3.05) is 6.54 Å². The predicted molar refractivity (Wildman–Crippen MR) is 110 cm³/mol. The topological polar surface area (TPSA) is 62.0 Å². The number of halogens is 1. The molecule has 1 amide bonds. The summed E-state index contributed by atoms with van der Waals surface area (Å²) in [7, 11) is 0. The predicted octanol–water partition coefficient (Wildman–Crippen LogP) is 4.16. The lowest BCUT2D eigenvalue weighted by Crippen LogP contribution is -2.29. The van der Waals surface area contributed by atoms with Crippen molar-refractivity contribution in [3.8, 4) is 0 Å². The van der Waals surface area contributed by atoms with E-state index in [0.29, 0.717) is 24.9 Å². The highest BCUT2D eigenvalue weighted by atomic mass is 19.1. The molecule has 2 aromatic carbocycles. The molecule has 1 heterocycles. The van der Waals surface area contributed by atoms with Crippen molar-refractivity contribution in [2.45, 2.75) is 32.6 Å². The largest absolute Gasteiger partial charge is 0.356 e. The van der Waals surface area contributed by atoms with Crippen molar-refractivity contribution in [2.24, 2.45) is 5.92 Å². The van der Waals surface area contributed by atoms with Crippen LogP contribution in [0.1, 0.15) is 37.3 Å². The molecule has 2 N–H and O–H groups in total. The van der Waals surface area contributed by atoms with Crippen molar-refractivity contribution in [1.82, 2.24) is 10.3 Å². The number of pyridine rings is 1. The van der Waals surface area contributed by atoms with E-state index in [0.717, 1.165) is 16.5 Å². The second-order valence-electron chi connectivity index (χ2n) is 7.42. The van der Waals surface area contributed by atoms with Crippen LogP contribution in [0.3, 0.4) is 0 Å². The highest BCUT2D eigenvalue weighted by Crippen LogP contribution is 2.28. The van der Waals surface area contributed by atoms with Crippen LogP contribution in [0, 0.1) is 11.7 Å². The smallest absolute Gasteiger partial charge is 0.251 e. The van der Waals surface area contributed by atoms with E-state index in [1.165, 1.54) is 12.1 Å². The number of aromatic amines is 1. The molecule has 28 heavy (non-hydrogen) atoms. The molecule has 146 valence electrons. The van der Waals surface area contributed by atoms with Crippen LogP contribution in [0.25, 0.3) is 10.9 Å². The van der Waals surface area contributed by atoms with Crippen LogP contribution < -0.4 is 10.9 Å². The van der Waals surface area contributed by atoms with Gasteiger partial charge in [-0.1, -0.05) is 44.2 Å². The Kier molecular flexibility index (Phi) is 6.24. The normalized spacial score (nSPS) is 12.3. The van der Waals surface area contributed by atoms with Crippen LogP contribution in [-0.4, -0.2) is 17.4 Å². The van der Waals surface area contributed by atoms with E-state index >= 15 is 0 Å². The molecule has 1 unspecified atom stereocenters. The lowest BCUT2D eigenvalue weighted by atomic mass is 9.85. The summed E-state index contributed by atoms with van der Waals surface area (Å²) in [5, 5.41) is 3.88. The number of aromatic nitrogens is 1. The second-order valence-corrected chi connectivity index (χ2v) is 7.42. The molecule has 0 aliphatic rings. The summed E-state index contributed by atoms with van der Waals surface area (Å²) in [6.45, 7) is 4.50. The molecule has 0 spiro atoms. The maximum atomic E-state index is 13.2. The fourth-order valence-corrected chi connectivity index (χ4v) is 3.44. The number of nitrogens with one attached hydrogen (secondary N) is 2. The Morgan fingerprint density at radius 3 is 2.54 bits per heavy atom. The summed E-state index contributed by atoms with van der Waals surface area (Å²) in [5.74, 6) is -0.0826. The number of para-hydroxylation sites is 1. The van der Waals surface area contributed by atoms with E-state index in [4.69, 9.17) is 0 Å². The number of H-pyrrole nitrogens is 1. The van der Waals surface area contributed by atoms with Crippen LogP contribution >= 0.6 is 0 Å². The number of benzene rings is 2. The summed E-state index contributed by atoms with van der Waals surface area (Å²) >= 11 is 0. The van der Waals surface area contributed by atoms with Crippen LogP contribution in [-0.2, 0) is 11.2 Å². The van der Waals surface area contributed by atoms with Gasteiger partial charge in [0.1, 0.15) is 5.82 Å². The molecule has 1 atom stereocenters. The molecule has 0 saturated heterocycles. The van der Waals surface area contributed by atoms with E-state index in [1.807, 2.05) is 30.3 Å². The molecule has 1 aromatic heterocycles. The van der Waals surface area contributed by atoms with Crippen molar-refractivity contribution < 1.29 is 9.18 Å². The van der Waals surface area contributed by atoms with Crippen LogP contribution in [0.2, 0.25) is 0 Å². The Hall–Kier alpha value is -2.95. The first-order valence-electron chi connectivity index (χ1n) is 9.57. The summed E-state index contributed by atoms with van der Waals surface area (Å²) in [6, 6.07) is 15.8. The first-order valence-corrected chi connectivity index (χ1v) is 9.57. The van der Waals surface area contributed by atoms with E-state index in [2.05, 4.69) is 24.1 Å². The minimum Gasteiger partial charge on any atom is -0.356 e. The fraction of sp³-hybridized carbons (Fsp3) is 0.304. The second kappa shape index (κ2) is 8.83. The molecule has 3 rings (SSSR count). The van der Waals surface area contributed by atoms with Gasteiger partial charge in [-0.05, 0) is 53.5 Å². The number of hydrogen-bond donors (Lipinski definition) is 2. The summed E-state index contributed by atoms with van der Waals surface area (Å²) < 4.78 is 13.2. The SMILES string of the molecule is CC(C)C(CC(=O)NCCc1cc2ccccc2[nH]c1=O)c1ccc(F)cc1. The zero-order chi connectivity index (χ0) is 20.1. The van der Waals surface area contributed by atoms with Crippen LogP contribution in [0.4, 0.5) is 4.39 Å². The van der Waals surface area contributed by atoms with Crippen molar-refractivity contribution in [1.29, 1.82) is 0 Å². The number of amides is 1. The minimum atomic E-state index is -0.281. The van der Waals surface area contributed by atoms with Gasteiger partial charge in [-0.3, -0.25) is 9.59 Å². The number of rotatable bonds is 7. The molecule has 3 aromatic rings. The number of hydrogen-bond acceptors (Lipinski definition) is 2. The number of carbonyl (C=O) groups excluding carboxylic acids is 1. The van der Waals surface area contributed by atoms with Gasteiger partial charge in [-0.15, -0.1) is 0 Å². The standard InChI is InChI=1S/C23H25FN2O2/c1-15(2)20(16-7-9-19(24)10-8-16)14-22(27)25-12-11-18-13-17-5-3-4-6-21(17)26-23(18)28/h3-10,13,15,20H,11-12,14H2,1-2H3,(H,25,27)(H,26,28). The zero-order valence-electron chi connectivity index (χ0n) is 16.2. The third-order valence-corrected chi connectivity index (χ3v) is 5.06. The van der Waals surface area contributed by atoms with Gasteiger partial charge in [0.2, 0.25) is 5.91 Å². The number of carbonyl (C=O) groups is 1. The third kappa shape index (κ3) is 4.85. The Balaban J connectivity index is 1.60. The van der Waals surface area contributed by atoms with E-state index in [1.54, 1.807) is 12.1 Å². The maximum Gasteiger partial charge on any atom is 0.251 e. The van der Waals surface area contributed by atoms with Gasteiger partial charge >= 0.3 is 0 Å². The molecule has 4 nitrogen and oxygen atoms in total. The summed E-state index contributed by atoms with van der Waals surface area (Å²) in [5.41, 5.74) is 2.29. The molecule has 0 aliphatic carbocycles. The Morgan fingerprint density at radius 2 is 1.82 bits per heavy atom. The van der Waals surface area contributed by atoms with Gasteiger partial charge in [-0.2, -0.15) is 0 Å². The van der Waals surface area contributed by atoms with Crippen molar-refractivity contribution >= 4 is 16.8 Å². The molecule has 0 radical (unpaired) electrons. The van der Waals surface area contributed by atoms with Gasteiger partial charge in [0.05, 0.1) is 0 Å². The summed E-state index contributed by atoms with van der Waals surface area (Å²) in [6.07, 6.45) is 0.798. The van der Waals surface area contributed by atoms with Crippen molar-refractivity contribution in [3.05, 3.63) is 81.9 Å². The molecular formula is C23H25FN2O2. The quantitative estimate of drug-likeness (QED) is 0.647. The monoisotopic (exact) mass is 380 g/mol. The highest BCUT2D eigenvalue weighted by Gasteiger charge is 2.19. The van der Waals surface area contributed by atoms with E-state index in [9.17, 15) is 14.0 Å². The third-order valence-electron chi connectivity index (χ3n) is 5.06. The lowest BCUT2D eigenvalue weighted by molar-refractivity contribution is -0.121. The molecule has 0 saturated carbocycles. The Labute approximate surface area is 163 Å². The van der Waals surface area contributed by atoms with E-state index in [-0.39, 0.29) is 29.1 Å². The van der Waals surface area contributed by atoms with Gasteiger partial charge in [0, 0.05) is 24.0 Å². The van der Waals surface area contributed by atoms with Crippen molar-refractivity contribution in [3.63, 3.8) is 0 Å². The Bertz CT molecular complexity index is 1010. The zero-order valence-corrected chi connectivity index (χ0v) is 16.2. The van der Waals surface area contributed by atoms with Gasteiger partial charge < -0.3 is 10.3 Å². The molecule has 0 fully saturated rings. The average Bonchev–Trinajstić information content (AvgIpc) is 2.67. The van der Waals surface area contributed by atoms with Crippen LogP contribution in [0.5, 0.6) is 0 Å². The van der Waals surface area contributed by atoms with Crippen LogP contribution in [0.15, 0.2) is 59.4 Å². The molecule has 0 bridgehead atoms. The van der Waals surface area contributed by atoms with Gasteiger partial charge in [0.15, 0.2) is 0 Å². The fourth-order valence-electron chi connectivity index (χ4n) is 3.44. The maximum absolute atomic E-state index is 13.2. The molecule has 0 aliphatic heterocycles. The first-order chi connectivity index (χ1) is 13.4. The lowest BCUT2D eigenvalue weighted by Gasteiger charge is -2.21.